The fourth-order valence-corrected chi connectivity index (χ4v) is 2.33. The highest BCUT2D eigenvalue weighted by Gasteiger charge is 2.18. The van der Waals surface area contributed by atoms with Crippen LogP contribution in [0.25, 0.3) is 0 Å². The van der Waals surface area contributed by atoms with Crippen LogP contribution in [-0.2, 0) is 0 Å². The van der Waals surface area contributed by atoms with Crippen LogP contribution in [0.15, 0.2) is 22.7 Å². The molecule has 0 bridgehead atoms. The molecule has 3 heteroatoms. The largest absolute Gasteiger partial charge is 0.385 e. The molecule has 1 unspecified atom stereocenters. The molecule has 1 aromatic rings. The molecule has 0 saturated heterocycles. The lowest BCUT2D eigenvalue weighted by molar-refractivity contribution is 0.517. The molecule has 2 nitrogen and oxygen atoms in total. The van der Waals surface area contributed by atoms with Crippen molar-refractivity contribution in [2.24, 2.45) is 0 Å². The number of rotatable bonds is 2. The van der Waals surface area contributed by atoms with E-state index in [-0.39, 0.29) is 0 Å². The zero-order valence-corrected chi connectivity index (χ0v) is 9.89. The van der Waals surface area contributed by atoms with Crippen molar-refractivity contribution < 1.29 is 0 Å². The van der Waals surface area contributed by atoms with Crippen molar-refractivity contribution in [2.75, 3.05) is 18.4 Å². The quantitative estimate of drug-likeness (QED) is 0.849. The molecular formula is C11H15BrN2. The Bertz CT molecular complexity index is 325. The van der Waals surface area contributed by atoms with Gasteiger partial charge in [-0.05, 0) is 36.7 Å². The Morgan fingerprint density at radius 2 is 2.43 bits per heavy atom. The first-order chi connectivity index (χ1) is 6.81. The summed E-state index contributed by atoms with van der Waals surface area (Å²) >= 11 is 3.51. The summed E-state index contributed by atoms with van der Waals surface area (Å²) in [4.78, 5) is 0. The summed E-state index contributed by atoms with van der Waals surface area (Å²) in [5.74, 6) is 0. The van der Waals surface area contributed by atoms with E-state index in [0.29, 0.717) is 6.04 Å². The van der Waals surface area contributed by atoms with Crippen molar-refractivity contribution in [3.63, 3.8) is 0 Å². The van der Waals surface area contributed by atoms with E-state index in [2.05, 4.69) is 51.7 Å². The first-order valence-corrected chi connectivity index (χ1v) is 5.87. The van der Waals surface area contributed by atoms with E-state index in [1.165, 1.54) is 11.3 Å². The third kappa shape index (κ3) is 1.93. The van der Waals surface area contributed by atoms with Gasteiger partial charge in [-0.1, -0.05) is 22.9 Å². The van der Waals surface area contributed by atoms with Crippen LogP contribution in [0.1, 0.15) is 24.9 Å². The summed E-state index contributed by atoms with van der Waals surface area (Å²) in [5.41, 5.74) is 2.65. The Labute approximate surface area is 93.2 Å². The summed E-state index contributed by atoms with van der Waals surface area (Å²) < 4.78 is 1.16. The molecule has 0 aliphatic carbocycles. The van der Waals surface area contributed by atoms with E-state index in [4.69, 9.17) is 0 Å². The Kier molecular flexibility index (Phi) is 3.08. The van der Waals surface area contributed by atoms with Gasteiger partial charge in [-0.2, -0.15) is 0 Å². The SMILES string of the molecule is CCNC1CCNc2ccc(Br)cc21. The third-order valence-corrected chi connectivity index (χ3v) is 3.08. The van der Waals surface area contributed by atoms with Crippen molar-refractivity contribution >= 4 is 21.6 Å². The number of halogens is 1. The molecule has 2 N–H and O–H groups in total. The minimum atomic E-state index is 0.508. The van der Waals surface area contributed by atoms with Crippen LogP contribution in [0, 0.1) is 0 Å². The van der Waals surface area contributed by atoms with Gasteiger partial charge < -0.3 is 10.6 Å². The van der Waals surface area contributed by atoms with Crippen molar-refractivity contribution in [3.05, 3.63) is 28.2 Å². The Morgan fingerprint density at radius 1 is 1.57 bits per heavy atom. The van der Waals surface area contributed by atoms with Crippen LogP contribution < -0.4 is 10.6 Å². The van der Waals surface area contributed by atoms with Gasteiger partial charge in [0.2, 0.25) is 0 Å². The molecule has 0 saturated carbocycles. The molecular weight excluding hydrogens is 240 g/mol. The normalized spacial score (nSPS) is 20.0. The van der Waals surface area contributed by atoms with E-state index in [0.717, 1.165) is 24.0 Å². The topological polar surface area (TPSA) is 24.1 Å². The summed E-state index contributed by atoms with van der Waals surface area (Å²) in [6, 6.07) is 6.94. The highest BCUT2D eigenvalue weighted by Crippen LogP contribution is 2.31. The maximum absolute atomic E-state index is 3.51. The highest BCUT2D eigenvalue weighted by atomic mass is 79.9. The van der Waals surface area contributed by atoms with E-state index < -0.39 is 0 Å². The van der Waals surface area contributed by atoms with Crippen LogP contribution in [-0.4, -0.2) is 13.1 Å². The van der Waals surface area contributed by atoms with Gasteiger partial charge >= 0.3 is 0 Å². The van der Waals surface area contributed by atoms with Gasteiger partial charge in [-0.15, -0.1) is 0 Å². The first kappa shape index (κ1) is 9.99. The summed E-state index contributed by atoms with van der Waals surface area (Å²) in [6.07, 6.45) is 1.16. The molecule has 14 heavy (non-hydrogen) atoms. The fraction of sp³-hybridized carbons (Fsp3) is 0.455. The molecule has 0 radical (unpaired) electrons. The van der Waals surface area contributed by atoms with Crippen LogP contribution in [0.2, 0.25) is 0 Å². The van der Waals surface area contributed by atoms with Crippen molar-refractivity contribution in [1.29, 1.82) is 0 Å². The number of fused-ring (bicyclic) bond motifs is 1. The molecule has 1 aliphatic heterocycles. The van der Waals surface area contributed by atoms with E-state index in [1.807, 2.05) is 0 Å². The van der Waals surface area contributed by atoms with Crippen LogP contribution >= 0.6 is 15.9 Å². The molecule has 0 amide bonds. The monoisotopic (exact) mass is 254 g/mol. The van der Waals surface area contributed by atoms with Gasteiger partial charge in [-0.25, -0.2) is 0 Å². The van der Waals surface area contributed by atoms with Crippen LogP contribution in [0.3, 0.4) is 0 Å². The van der Waals surface area contributed by atoms with E-state index in [9.17, 15) is 0 Å². The average Bonchev–Trinajstić information content (AvgIpc) is 2.19. The van der Waals surface area contributed by atoms with Crippen LogP contribution in [0.5, 0.6) is 0 Å². The maximum atomic E-state index is 3.51. The lowest BCUT2D eigenvalue weighted by atomic mass is 9.98. The van der Waals surface area contributed by atoms with Gasteiger partial charge in [0.05, 0.1) is 0 Å². The van der Waals surface area contributed by atoms with Crippen LogP contribution in [0.4, 0.5) is 5.69 Å². The van der Waals surface area contributed by atoms with Gasteiger partial charge in [0, 0.05) is 22.7 Å². The standard InChI is InChI=1S/C11H15BrN2/c1-2-13-11-5-6-14-10-4-3-8(12)7-9(10)11/h3-4,7,11,13-14H,2,5-6H2,1H3. The Hall–Kier alpha value is -0.540. The zero-order chi connectivity index (χ0) is 9.97. The summed E-state index contributed by atoms with van der Waals surface area (Å²) in [6.45, 7) is 4.24. The molecule has 1 heterocycles. The van der Waals surface area contributed by atoms with Gasteiger partial charge in [0.15, 0.2) is 0 Å². The third-order valence-electron chi connectivity index (χ3n) is 2.59. The maximum Gasteiger partial charge on any atom is 0.0389 e. The molecule has 1 aliphatic rings. The summed E-state index contributed by atoms with van der Waals surface area (Å²) in [7, 11) is 0. The van der Waals surface area contributed by atoms with Crippen molar-refractivity contribution in [3.8, 4) is 0 Å². The lowest BCUT2D eigenvalue weighted by Gasteiger charge is -2.27. The van der Waals surface area contributed by atoms with Gasteiger partial charge in [-0.3, -0.25) is 0 Å². The number of nitrogens with one attached hydrogen (secondary N) is 2. The van der Waals surface area contributed by atoms with Crippen molar-refractivity contribution in [1.82, 2.24) is 5.32 Å². The Balaban J connectivity index is 2.32. The average molecular weight is 255 g/mol. The van der Waals surface area contributed by atoms with Gasteiger partial charge in [0.25, 0.3) is 0 Å². The second-order valence-corrected chi connectivity index (χ2v) is 4.47. The molecule has 0 spiro atoms. The minimum absolute atomic E-state index is 0.508. The summed E-state index contributed by atoms with van der Waals surface area (Å²) in [5, 5.41) is 6.92. The number of anilines is 1. The molecule has 2 rings (SSSR count). The first-order valence-electron chi connectivity index (χ1n) is 5.08. The molecule has 76 valence electrons. The number of hydrogen-bond acceptors (Lipinski definition) is 2. The smallest absolute Gasteiger partial charge is 0.0389 e. The van der Waals surface area contributed by atoms with E-state index in [1.54, 1.807) is 0 Å². The molecule has 0 fully saturated rings. The fourth-order valence-electron chi connectivity index (χ4n) is 1.95. The predicted molar refractivity (Wildman–Crippen MR) is 63.7 cm³/mol. The highest BCUT2D eigenvalue weighted by molar-refractivity contribution is 9.10. The number of hydrogen-bond donors (Lipinski definition) is 2. The zero-order valence-electron chi connectivity index (χ0n) is 8.31. The molecule has 0 aromatic heterocycles. The molecule has 1 atom stereocenters. The molecule has 1 aromatic carbocycles. The second kappa shape index (κ2) is 4.32. The lowest BCUT2D eigenvalue weighted by Crippen LogP contribution is -2.27. The van der Waals surface area contributed by atoms with E-state index >= 15 is 0 Å². The predicted octanol–water partition coefficient (Wildman–Crippen LogP) is 2.92. The minimum Gasteiger partial charge on any atom is -0.385 e. The number of benzene rings is 1. The van der Waals surface area contributed by atoms with Gasteiger partial charge in [0.1, 0.15) is 0 Å². The Morgan fingerprint density at radius 3 is 3.21 bits per heavy atom. The van der Waals surface area contributed by atoms with Crippen molar-refractivity contribution in [2.45, 2.75) is 19.4 Å². The second-order valence-electron chi connectivity index (χ2n) is 3.56.